The van der Waals surface area contributed by atoms with Crippen molar-refractivity contribution in [3.63, 3.8) is 0 Å². The van der Waals surface area contributed by atoms with E-state index in [4.69, 9.17) is 0 Å². The number of para-hydroxylation sites is 2. The van der Waals surface area contributed by atoms with Crippen molar-refractivity contribution < 1.29 is 0 Å². The number of nitrogens with zero attached hydrogens (tertiary/aromatic N) is 2. The summed E-state index contributed by atoms with van der Waals surface area (Å²) in [6, 6.07) is 22.3. The Kier molecular flexibility index (Phi) is 2.46. The molecule has 0 N–H and O–H groups in total. The Morgan fingerprint density at radius 2 is 1.45 bits per heavy atom. The Bertz CT molecular complexity index is 836. The molecular weight excluding hydrogens is 244 g/mol. The molecule has 0 atom stereocenters. The lowest BCUT2D eigenvalue weighted by atomic mass is 10.1. The summed E-state index contributed by atoms with van der Waals surface area (Å²) in [6.45, 7) is 0. The number of aromatic nitrogens is 2. The van der Waals surface area contributed by atoms with E-state index >= 15 is 0 Å². The highest BCUT2D eigenvalue weighted by molar-refractivity contribution is 5.85. The number of hydrogen-bond donors (Lipinski definition) is 0. The van der Waals surface area contributed by atoms with Crippen LogP contribution in [0.25, 0.3) is 33.1 Å². The van der Waals surface area contributed by atoms with E-state index in [1.165, 1.54) is 0 Å². The topological polar surface area (TPSA) is 25.8 Å². The molecule has 0 amide bonds. The number of fused-ring (bicyclic) bond motifs is 2. The van der Waals surface area contributed by atoms with Crippen LogP contribution in [0.1, 0.15) is 0 Å². The van der Waals surface area contributed by atoms with E-state index in [-0.39, 0.29) is 0 Å². The lowest BCUT2D eigenvalue weighted by Gasteiger charge is -2.04. The van der Waals surface area contributed by atoms with Crippen LogP contribution in [0.5, 0.6) is 0 Å². The van der Waals surface area contributed by atoms with Gasteiger partial charge in [0.1, 0.15) is 0 Å². The molecule has 0 unspecified atom stereocenters. The summed E-state index contributed by atoms with van der Waals surface area (Å²) in [7, 11) is 0. The molecule has 0 spiro atoms. The smallest absolute Gasteiger partial charge is 0.0995 e. The van der Waals surface area contributed by atoms with Crippen LogP contribution in [0.2, 0.25) is 0 Å². The molecule has 0 saturated heterocycles. The summed E-state index contributed by atoms with van der Waals surface area (Å²) < 4.78 is 0. The molecule has 93 valence electrons. The van der Waals surface area contributed by atoms with Gasteiger partial charge in [0.25, 0.3) is 0 Å². The first-order valence-corrected chi connectivity index (χ1v) is 6.54. The minimum atomic E-state index is 0.905. The third kappa shape index (κ3) is 1.82. The first-order valence-electron chi connectivity index (χ1n) is 6.54. The van der Waals surface area contributed by atoms with E-state index < -0.39 is 0 Å². The highest BCUT2D eigenvalue weighted by Crippen LogP contribution is 2.22. The molecule has 0 fully saturated rings. The van der Waals surface area contributed by atoms with Gasteiger partial charge in [-0.05, 0) is 24.3 Å². The SMILES string of the molecule is [c]1nc2ccccc2cc1-c1ccc2ccccc2n1. The van der Waals surface area contributed by atoms with E-state index in [1.807, 2.05) is 42.5 Å². The zero-order valence-corrected chi connectivity index (χ0v) is 10.7. The fourth-order valence-corrected chi connectivity index (χ4v) is 2.37. The predicted octanol–water partition coefficient (Wildman–Crippen LogP) is 4.25. The van der Waals surface area contributed by atoms with E-state index in [9.17, 15) is 0 Å². The molecule has 0 aliphatic carbocycles. The van der Waals surface area contributed by atoms with Crippen LogP contribution >= 0.6 is 0 Å². The molecule has 0 bridgehead atoms. The van der Waals surface area contributed by atoms with Gasteiger partial charge < -0.3 is 0 Å². The molecule has 0 aliphatic rings. The van der Waals surface area contributed by atoms with Crippen molar-refractivity contribution in [1.82, 2.24) is 9.97 Å². The lowest BCUT2D eigenvalue weighted by Crippen LogP contribution is -1.87. The quantitative estimate of drug-likeness (QED) is 0.508. The van der Waals surface area contributed by atoms with Crippen molar-refractivity contribution in [3.8, 4) is 11.3 Å². The summed E-state index contributed by atoms with van der Waals surface area (Å²) in [5.74, 6) is 0. The molecule has 4 rings (SSSR count). The molecule has 2 heteroatoms. The van der Waals surface area contributed by atoms with Gasteiger partial charge in [0.2, 0.25) is 0 Å². The third-order valence-electron chi connectivity index (χ3n) is 3.41. The molecule has 2 aromatic carbocycles. The van der Waals surface area contributed by atoms with Crippen LogP contribution in [0, 0.1) is 6.20 Å². The normalized spacial score (nSPS) is 11.0. The molecule has 1 radical (unpaired) electrons. The van der Waals surface area contributed by atoms with E-state index in [2.05, 4.69) is 40.4 Å². The number of hydrogen-bond acceptors (Lipinski definition) is 2. The van der Waals surface area contributed by atoms with Gasteiger partial charge in [0.05, 0.1) is 22.9 Å². The minimum absolute atomic E-state index is 0.905. The van der Waals surface area contributed by atoms with Gasteiger partial charge in [-0.25, -0.2) is 9.97 Å². The van der Waals surface area contributed by atoms with Crippen LogP contribution in [0.15, 0.2) is 66.7 Å². The van der Waals surface area contributed by atoms with Crippen LogP contribution in [0.3, 0.4) is 0 Å². The number of pyridine rings is 2. The van der Waals surface area contributed by atoms with Crippen LogP contribution in [-0.4, -0.2) is 9.97 Å². The van der Waals surface area contributed by atoms with Gasteiger partial charge >= 0.3 is 0 Å². The average Bonchev–Trinajstić information content (AvgIpc) is 2.54. The molecule has 4 aromatic rings. The van der Waals surface area contributed by atoms with Gasteiger partial charge in [-0.3, -0.25) is 0 Å². The summed E-state index contributed by atoms with van der Waals surface area (Å²) in [4.78, 5) is 9.05. The van der Waals surface area contributed by atoms with E-state index in [0.29, 0.717) is 0 Å². The number of benzene rings is 2. The second-order valence-electron chi connectivity index (χ2n) is 4.73. The molecule has 2 nitrogen and oxygen atoms in total. The summed E-state index contributed by atoms with van der Waals surface area (Å²) in [5.41, 5.74) is 3.78. The molecule has 0 aliphatic heterocycles. The standard InChI is InChI=1S/C18H11N2/c1-4-8-17-13(5-1)9-10-18(20-17)15-11-14-6-2-3-7-16(14)19-12-15/h1-11H. The van der Waals surface area contributed by atoms with Crippen molar-refractivity contribution in [2.75, 3.05) is 0 Å². The molecule has 2 aromatic heterocycles. The summed E-state index contributed by atoms with van der Waals surface area (Å²) in [5, 5.41) is 2.25. The van der Waals surface area contributed by atoms with Gasteiger partial charge in [0.15, 0.2) is 0 Å². The first-order chi connectivity index (χ1) is 9.90. The van der Waals surface area contributed by atoms with Gasteiger partial charge in [-0.15, -0.1) is 0 Å². The minimum Gasteiger partial charge on any atom is -0.248 e. The van der Waals surface area contributed by atoms with Gasteiger partial charge in [-0.1, -0.05) is 42.5 Å². The Balaban J connectivity index is 1.91. The summed E-state index contributed by atoms with van der Waals surface area (Å²) in [6.07, 6.45) is 3.08. The van der Waals surface area contributed by atoms with Crippen LogP contribution in [-0.2, 0) is 0 Å². The molecule has 20 heavy (non-hydrogen) atoms. The lowest BCUT2D eigenvalue weighted by molar-refractivity contribution is 1.34. The van der Waals surface area contributed by atoms with E-state index in [1.54, 1.807) is 0 Å². The highest BCUT2D eigenvalue weighted by Gasteiger charge is 2.03. The number of rotatable bonds is 1. The maximum atomic E-state index is 4.68. The van der Waals surface area contributed by atoms with Gasteiger partial charge in [0, 0.05) is 16.3 Å². The average molecular weight is 255 g/mol. The van der Waals surface area contributed by atoms with Crippen LogP contribution in [0.4, 0.5) is 0 Å². The fraction of sp³-hybridized carbons (Fsp3) is 0. The van der Waals surface area contributed by atoms with Crippen LogP contribution < -0.4 is 0 Å². The van der Waals surface area contributed by atoms with Crippen molar-refractivity contribution in [1.29, 1.82) is 0 Å². The van der Waals surface area contributed by atoms with Crippen molar-refractivity contribution in [2.45, 2.75) is 0 Å². The summed E-state index contributed by atoms with van der Waals surface area (Å²) >= 11 is 0. The van der Waals surface area contributed by atoms with Crippen molar-refractivity contribution in [3.05, 3.63) is 72.9 Å². The van der Waals surface area contributed by atoms with E-state index in [0.717, 1.165) is 33.1 Å². The van der Waals surface area contributed by atoms with Crippen molar-refractivity contribution in [2.24, 2.45) is 0 Å². The fourth-order valence-electron chi connectivity index (χ4n) is 2.37. The first kappa shape index (κ1) is 11.1. The second kappa shape index (κ2) is 4.42. The highest BCUT2D eigenvalue weighted by atomic mass is 14.7. The Morgan fingerprint density at radius 3 is 2.35 bits per heavy atom. The zero-order valence-electron chi connectivity index (χ0n) is 10.7. The third-order valence-corrected chi connectivity index (χ3v) is 3.41. The molecule has 0 saturated carbocycles. The van der Waals surface area contributed by atoms with Crippen molar-refractivity contribution >= 4 is 21.8 Å². The monoisotopic (exact) mass is 255 g/mol. The second-order valence-corrected chi connectivity index (χ2v) is 4.73. The predicted molar refractivity (Wildman–Crippen MR) is 81.3 cm³/mol. The largest absolute Gasteiger partial charge is 0.248 e. The Hall–Kier alpha value is -2.74. The maximum Gasteiger partial charge on any atom is 0.0995 e. The van der Waals surface area contributed by atoms with Gasteiger partial charge in [-0.2, -0.15) is 0 Å². The Morgan fingerprint density at radius 1 is 0.700 bits per heavy atom. The molecule has 2 heterocycles. The molecular formula is C18H11N2. The maximum absolute atomic E-state index is 4.68. The Labute approximate surface area is 116 Å². The zero-order chi connectivity index (χ0) is 13.4.